The minimum Gasteiger partial charge on any atom is -0.481 e. The summed E-state index contributed by atoms with van der Waals surface area (Å²) in [6, 6.07) is 9.54. The average molecular weight is 426 g/mol. The molecule has 7 heteroatoms. The summed E-state index contributed by atoms with van der Waals surface area (Å²) < 4.78 is 6.25. The highest BCUT2D eigenvalue weighted by Crippen LogP contribution is 2.36. The molecule has 1 N–H and O–H groups in total. The van der Waals surface area contributed by atoms with Crippen LogP contribution in [0.1, 0.15) is 12.5 Å². The highest BCUT2D eigenvalue weighted by atomic mass is 79.9. The van der Waals surface area contributed by atoms with E-state index >= 15 is 0 Å². The lowest BCUT2D eigenvalue weighted by atomic mass is 9.82. The molecule has 0 unspecified atom stereocenters. The van der Waals surface area contributed by atoms with E-state index in [1.54, 1.807) is 14.0 Å². The second-order valence-corrected chi connectivity index (χ2v) is 7.71. The number of pyridine rings is 1. The SMILES string of the molecule is COc1nc(-c2cccc(Br)c2Cl)ccc1CN1CC(C)(C(=O)O)C1. The van der Waals surface area contributed by atoms with E-state index in [9.17, 15) is 9.90 Å². The molecule has 1 saturated heterocycles. The van der Waals surface area contributed by atoms with Gasteiger partial charge in [-0.15, -0.1) is 0 Å². The Morgan fingerprint density at radius 1 is 1.40 bits per heavy atom. The molecule has 0 saturated carbocycles. The Kier molecular flexibility index (Phi) is 5.04. The lowest BCUT2D eigenvalue weighted by molar-refractivity contribution is -0.158. The van der Waals surface area contributed by atoms with E-state index in [-0.39, 0.29) is 0 Å². The summed E-state index contributed by atoms with van der Waals surface area (Å²) in [7, 11) is 1.58. The van der Waals surface area contributed by atoms with E-state index in [4.69, 9.17) is 16.3 Å². The van der Waals surface area contributed by atoms with E-state index < -0.39 is 11.4 Å². The molecule has 0 radical (unpaired) electrons. The highest BCUT2D eigenvalue weighted by molar-refractivity contribution is 9.10. The third-order valence-electron chi connectivity index (χ3n) is 4.42. The molecule has 0 aliphatic carbocycles. The van der Waals surface area contributed by atoms with Crippen LogP contribution in [0.15, 0.2) is 34.8 Å². The summed E-state index contributed by atoms with van der Waals surface area (Å²) in [6.07, 6.45) is 0. The number of rotatable bonds is 5. The molecule has 3 rings (SSSR count). The molecule has 5 nitrogen and oxygen atoms in total. The van der Waals surface area contributed by atoms with Crippen LogP contribution < -0.4 is 4.74 Å². The van der Waals surface area contributed by atoms with Crippen molar-refractivity contribution in [3.63, 3.8) is 0 Å². The van der Waals surface area contributed by atoms with E-state index in [1.165, 1.54) is 0 Å². The van der Waals surface area contributed by atoms with Gasteiger partial charge in [0, 0.05) is 35.2 Å². The summed E-state index contributed by atoms with van der Waals surface area (Å²) >= 11 is 9.77. The molecule has 1 aromatic heterocycles. The van der Waals surface area contributed by atoms with E-state index in [0.29, 0.717) is 30.5 Å². The Bertz CT molecular complexity index is 822. The number of hydrogen-bond acceptors (Lipinski definition) is 4. The quantitative estimate of drug-likeness (QED) is 0.782. The highest BCUT2D eigenvalue weighted by Gasteiger charge is 2.45. The average Bonchev–Trinajstić information content (AvgIpc) is 2.56. The van der Waals surface area contributed by atoms with Gasteiger partial charge in [0.15, 0.2) is 0 Å². The molecule has 1 aliphatic rings. The summed E-state index contributed by atoms with van der Waals surface area (Å²) in [6.45, 7) is 3.40. The molecule has 2 aromatic rings. The summed E-state index contributed by atoms with van der Waals surface area (Å²) in [5, 5.41) is 9.81. The van der Waals surface area contributed by atoms with Crippen molar-refractivity contribution in [1.82, 2.24) is 9.88 Å². The summed E-state index contributed by atoms with van der Waals surface area (Å²) in [5.41, 5.74) is 1.81. The molecule has 1 aliphatic heterocycles. The molecule has 0 bridgehead atoms. The number of carbonyl (C=O) groups is 1. The van der Waals surface area contributed by atoms with E-state index in [1.807, 2.05) is 30.3 Å². The minimum absolute atomic E-state index is 0.519. The van der Waals surface area contributed by atoms with Crippen molar-refractivity contribution < 1.29 is 14.6 Å². The Morgan fingerprint density at radius 2 is 2.12 bits per heavy atom. The minimum atomic E-state index is -0.756. The zero-order chi connectivity index (χ0) is 18.2. The van der Waals surface area contributed by atoms with Crippen LogP contribution >= 0.6 is 27.5 Å². The summed E-state index contributed by atoms with van der Waals surface area (Å²) in [4.78, 5) is 17.8. The van der Waals surface area contributed by atoms with Gasteiger partial charge in [0.25, 0.3) is 0 Å². The van der Waals surface area contributed by atoms with Gasteiger partial charge in [-0.25, -0.2) is 4.98 Å². The second-order valence-electron chi connectivity index (χ2n) is 6.48. The first-order valence-corrected chi connectivity index (χ1v) is 8.95. The molecule has 0 amide bonds. The molecule has 132 valence electrons. The maximum absolute atomic E-state index is 11.2. The maximum Gasteiger partial charge on any atom is 0.311 e. The van der Waals surface area contributed by atoms with Crippen molar-refractivity contribution >= 4 is 33.5 Å². The fraction of sp³-hybridized carbons (Fsp3) is 0.333. The number of carboxylic acid groups (broad SMARTS) is 1. The van der Waals surface area contributed by atoms with Crippen LogP contribution in [0.5, 0.6) is 5.88 Å². The van der Waals surface area contributed by atoms with Crippen LogP contribution in [0, 0.1) is 5.41 Å². The molecule has 0 atom stereocenters. The van der Waals surface area contributed by atoms with Gasteiger partial charge in [0.1, 0.15) is 0 Å². The van der Waals surface area contributed by atoms with Crippen LogP contribution in [-0.4, -0.2) is 41.2 Å². The first-order valence-electron chi connectivity index (χ1n) is 7.78. The predicted octanol–water partition coefficient (Wildman–Crippen LogP) is 4.08. The largest absolute Gasteiger partial charge is 0.481 e. The van der Waals surface area contributed by atoms with Crippen molar-refractivity contribution in [2.24, 2.45) is 5.41 Å². The fourth-order valence-electron chi connectivity index (χ4n) is 3.05. The normalized spacial score (nSPS) is 16.3. The number of aromatic nitrogens is 1. The van der Waals surface area contributed by atoms with Gasteiger partial charge >= 0.3 is 5.97 Å². The van der Waals surface area contributed by atoms with Crippen LogP contribution in [0.25, 0.3) is 11.3 Å². The third kappa shape index (κ3) is 3.52. The van der Waals surface area contributed by atoms with Crippen molar-refractivity contribution in [2.45, 2.75) is 13.5 Å². The zero-order valence-electron chi connectivity index (χ0n) is 13.9. The number of benzene rings is 1. The predicted molar refractivity (Wildman–Crippen MR) is 100.0 cm³/mol. The lowest BCUT2D eigenvalue weighted by Crippen LogP contribution is -2.58. The van der Waals surface area contributed by atoms with Gasteiger partial charge in [0.05, 0.1) is 23.2 Å². The molecule has 1 aromatic carbocycles. The second kappa shape index (κ2) is 6.94. The number of likely N-dealkylation sites (tertiary alicyclic amines) is 1. The van der Waals surface area contributed by atoms with Crippen molar-refractivity contribution in [3.8, 4) is 17.1 Å². The Hall–Kier alpha value is -1.63. The van der Waals surface area contributed by atoms with E-state index in [0.717, 1.165) is 21.3 Å². The van der Waals surface area contributed by atoms with Crippen molar-refractivity contribution in [2.75, 3.05) is 20.2 Å². The lowest BCUT2D eigenvalue weighted by Gasteiger charge is -2.45. The van der Waals surface area contributed by atoms with Crippen LogP contribution in [0.2, 0.25) is 5.02 Å². The number of ether oxygens (including phenoxy) is 1. The first kappa shape index (κ1) is 18.2. The molecule has 2 heterocycles. The number of methoxy groups -OCH3 is 1. The van der Waals surface area contributed by atoms with Gasteiger partial charge in [0.2, 0.25) is 5.88 Å². The van der Waals surface area contributed by atoms with Crippen molar-refractivity contribution in [1.29, 1.82) is 0 Å². The molecule has 1 fully saturated rings. The smallest absolute Gasteiger partial charge is 0.311 e. The van der Waals surface area contributed by atoms with Gasteiger partial charge in [-0.3, -0.25) is 9.69 Å². The van der Waals surface area contributed by atoms with Crippen LogP contribution in [0.4, 0.5) is 0 Å². The molecule has 0 spiro atoms. The van der Waals surface area contributed by atoms with Gasteiger partial charge in [-0.2, -0.15) is 0 Å². The Morgan fingerprint density at radius 3 is 2.76 bits per heavy atom. The molecular weight excluding hydrogens is 408 g/mol. The number of halogens is 2. The first-order chi connectivity index (χ1) is 11.8. The Balaban J connectivity index is 1.81. The van der Waals surface area contributed by atoms with Gasteiger partial charge in [-0.1, -0.05) is 29.8 Å². The van der Waals surface area contributed by atoms with Gasteiger partial charge in [-0.05, 0) is 35.0 Å². The third-order valence-corrected chi connectivity index (χ3v) is 5.71. The number of hydrogen-bond donors (Lipinski definition) is 1. The van der Waals surface area contributed by atoms with E-state index in [2.05, 4.69) is 25.8 Å². The zero-order valence-corrected chi connectivity index (χ0v) is 16.3. The topological polar surface area (TPSA) is 62.7 Å². The number of nitrogens with zero attached hydrogens (tertiary/aromatic N) is 2. The Labute approximate surface area is 159 Å². The fourth-order valence-corrected chi connectivity index (χ4v) is 3.64. The monoisotopic (exact) mass is 424 g/mol. The number of aliphatic carboxylic acids is 1. The summed E-state index contributed by atoms with van der Waals surface area (Å²) in [5.74, 6) is -0.231. The van der Waals surface area contributed by atoms with Crippen LogP contribution in [-0.2, 0) is 11.3 Å². The van der Waals surface area contributed by atoms with Gasteiger partial charge < -0.3 is 9.84 Å². The molecule has 25 heavy (non-hydrogen) atoms. The van der Waals surface area contributed by atoms with Crippen molar-refractivity contribution in [3.05, 3.63) is 45.4 Å². The standard InChI is InChI=1S/C18H18BrClN2O3/c1-18(17(23)24)9-22(10-18)8-11-6-7-14(21-16(11)25-2)12-4-3-5-13(19)15(12)20/h3-7H,8-10H2,1-2H3,(H,23,24). The van der Waals surface area contributed by atoms with Crippen LogP contribution in [0.3, 0.4) is 0 Å². The number of carboxylic acids is 1. The molecular formula is C18H18BrClN2O3. The maximum atomic E-state index is 11.2.